The Morgan fingerprint density at radius 1 is 1.32 bits per heavy atom. The molecule has 1 saturated heterocycles. The number of Topliss-reactive ketones (excluding diaryl/α,β-unsaturated/α-hetero) is 1. The number of hydrogen-bond acceptors (Lipinski definition) is 7. The SMILES string of the molecule is CC(=O)c1ccc(OCc2cc(C(=O)N3CCC[C@@H]3c3nccs3)no2)cc1. The van der Waals surface area contributed by atoms with Crippen LogP contribution < -0.4 is 4.74 Å². The molecule has 0 radical (unpaired) electrons. The summed E-state index contributed by atoms with van der Waals surface area (Å²) in [7, 11) is 0. The van der Waals surface area contributed by atoms with Crippen LogP contribution in [0.1, 0.15) is 57.4 Å². The van der Waals surface area contributed by atoms with Crippen molar-refractivity contribution in [3.8, 4) is 5.75 Å². The Morgan fingerprint density at radius 3 is 2.86 bits per heavy atom. The van der Waals surface area contributed by atoms with Gasteiger partial charge >= 0.3 is 0 Å². The second-order valence-electron chi connectivity index (χ2n) is 6.57. The van der Waals surface area contributed by atoms with Crippen molar-refractivity contribution >= 4 is 23.0 Å². The van der Waals surface area contributed by atoms with Crippen LogP contribution in [-0.2, 0) is 6.61 Å². The van der Waals surface area contributed by atoms with Gasteiger partial charge in [-0.1, -0.05) is 5.16 Å². The van der Waals surface area contributed by atoms with Crippen LogP contribution in [0.3, 0.4) is 0 Å². The average Bonchev–Trinajstić information content (AvgIpc) is 3.47. The highest BCUT2D eigenvalue weighted by atomic mass is 32.1. The van der Waals surface area contributed by atoms with Crippen molar-refractivity contribution in [3.63, 3.8) is 0 Å². The van der Waals surface area contributed by atoms with Gasteiger partial charge in [0, 0.05) is 29.8 Å². The molecule has 1 amide bonds. The number of benzene rings is 1. The molecule has 1 aromatic carbocycles. The Bertz CT molecular complexity index is 966. The molecule has 28 heavy (non-hydrogen) atoms. The number of hydrogen-bond donors (Lipinski definition) is 0. The number of amides is 1. The average molecular weight is 397 g/mol. The number of likely N-dealkylation sites (tertiary alicyclic amines) is 1. The highest BCUT2D eigenvalue weighted by Crippen LogP contribution is 2.34. The Morgan fingerprint density at radius 2 is 2.14 bits per heavy atom. The van der Waals surface area contributed by atoms with E-state index in [1.54, 1.807) is 47.9 Å². The minimum Gasteiger partial charge on any atom is -0.486 e. The first-order valence-corrected chi connectivity index (χ1v) is 9.89. The number of rotatable bonds is 6. The highest BCUT2D eigenvalue weighted by Gasteiger charge is 2.33. The largest absolute Gasteiger partial charge is 0.486 e. The summed E-state index contributed by atoms with van der Waals surface area (Å²) in [5.74, 6) is 0.919. The molecule has 0 bridgehead atoms. The summed E-state index contributed by atoms with van der Waals surface area (Å²) < 4.78 is 10.9. The Balaban J connectivity index is 1.39. The number of aromatic nitrogens is 2. The van der Waals surface area contributed by atoms with E-state index in [0.29, 0.717) is 23.6 Å². The fourth-order valence-electron chi connectivity index (χ4n) is 3.23. The lowest BCUT2D eigenvalue weighted by atomic mass is 10.1. The first-order chi connectivity index (χ1) is 13.6. The molecule has 4 rings (SSSR count). The Hall–Kier alpha value is -3.00. The van der Waals surface area contributed by atoms with E-state index in [4.69, 9.17) is 9.26 Å². The standard InChI is InChI=1S/C20H19N3O4S/c1-13(24)14-4-6-15(7-5-14)26-12-16-11-17(22-27-16)20(25)23-9-2-3-18(23)19-21-8-10-28-19/h4-8,10-11,18H,2-3,9,12H2,1H3/t18-/m1/s1. The maximum atomic E-state index is 12.8. The summed E-state index contributed by atoms with van der Waals surface area (Å²) in [6.45, 7) is 2.35. The van der Waals surface area contributed by atoms with E-state index < -0.39 is 0 Å². The van der Waals surface area contributed by atoms with Crippen molar-refractivity contribution in [1.29, 1.82) is 0 Å². The quantitative estimate of drug-likeness (QED) is 0.587. The van der Waals surface area contributed by atoms with Gasteiger partial charge in [-0.15, -0.1) is 11.3 Å². The number of carbonyl (C=O) groups is 2. The monoisotopic (exact) mass is 397 g/mol. The highest BCUT2D eigenvalue weighted by molar-refractivity contribution is 7.09. The maximum Gasteiger partial charge on any atom is 0.276 e. The molecule has 0 N–H and O–H groups in total. The van der Waals surface area contributed by atoms with Crippen LogP contribution in [0.15, 0.2) is 46.4 Å². The van der Waals surface area contributed by atoms with E-state index in [9.17, 15) is 9.59 Å². The van der Waals surface area contributed by atoms with Crippen molar-refractivity contribution in [3.05, 3.63) is 63.9 Å². The van der Waals surface area contributed by atoms with Crippen LogP contribution in [0.2, 0.25) is 0 Å². The first kappa shape index (κ1) is 18.4. The fourth-order valence-corrected chi connectivity index (χ4v) is 4.02. The van der Waals surface area contributed by atoms with E-state index >= 15 is 0 Å². The molecule has 8 heteroatoms. The molecule has 0 saturated carbocycles. The van der Waals surface area contributed by atoms with Gasteiger partial charge in [0.05, 0.1) is 6.04 Å². The number of ketones is 1. The minimum absolute atomic E-state index is 0.00269. The number of nitrogens with zero attached hydrogens (tertiary/aromatic N) is 3. The zero-order chi connectivity index (χ0) is 19.5. The molecule has 0 unspecified atom stereocenters. The van der Waals surface area contributed by atoms with Crippen LogP contribution in [0.5, 0.6) is 5.75 Å². The molecule has 7 nitrogen and oxygen atoms in total. The molecule has 1 aliphatic rings. The van der Waals surface area contributed by atoms with Crippen LogP contribution in [-0.4, -0.2) is 33.3 Å². The van der Waals surface area contributed by atoms with E-state index in [1.807, 2.05) is 10.3 Å². The lowest BCUT2D eigenvalue weighted by Crippen LogP contribution is -2.30. The predicted molar refractivity (Wildman–Crippen MR) is 102 cm³/mol. The van der Waals surface area contributed by atoms with Crippen LogP contribution in [0, 0.1) is 0 Å². The van der Waals surface area contributed by atoms with Crippen LogP contribution in [0.4, 0.5) is 0 Å². The lowest BCUT2D eigenvalue weighted by Gasteiger charge is -2.21. The Kier molecular flexibility index (Phi) is 5.21. The van der Waals surface area contributed by atoms with Gasteiger partial charge in [0.15, 0.2) is 17.2 Å². The Labute approximate surface area is 165 Å². The third-order valence-electron chi connectivity index (χ3n) is 4.67. The van der Waals surface area contributed by atoms with Crippen molar-refractivity contribution in [2.24, 2.45) is 0 Å². The molecule has 1 fully saturated rings. The third-order valence-corrected chi connectivity index (χ3v) is 5.55. The molecule has 3 heterocycles. The second-order valence-corrected chi connectivity index (χ2v) is 7.50. The molecular formula is C20H19N3O4S. The summed E-state index contributed by atoms with van der Waals surface area (Å²) >= 11 is 1.56. The first-order valence-electron chi connectivity index (χ1n) is 9.01. The molecular weight excluding hydrogens is 378 g/mol. The summed E-state index contributed by atoms with van der Waals surface area (Å²) in [4.78, 5) is 30.3. The fraction of sp³-hybridized carbons (Fsp3) is 0.300. The van der Waals surface area contributed by atoms with Gasteiger partial charge in [-0.2, -0.15) is 0 Å². The maximum absolute atomic E-state index is 12.8. The molecule has 144 valence electrons. The third kappa shape index (κ3) is 3.82. The van der Waals surface area contributed by atoms with E-state index in [1.165, 1.54) is 6.92 Å². The van der Waals surface area contributed by atoms with Crippen molar-refractivity contribution in [2.75, 3.05) is 6.54 Å². The smallest absolute Gasteiger partial charge is 0.276 e. The van der Waals surface area contributed by atoms with Gasteiger partial charge in [-0.05, 0) is 44.0 Å². The summed E-state index contributed by atoms with van der Waals surface area (Å²) in [5, 5.41) is 6.79. The summed E-state index contributed by atoms with van der Waals surface area (Å²) in [5.41, 5.74) is 0.897. The number of ether oxygens (including phenoxy) is 1. The molecule has 1 aliphatic heterocycles. The van der Waals surface area contributed by atoms with Gasteiger partial charge in [0.2, 0.25) is 0 Å². The lowest BCUT2D eigenvalue weighted by molar-refractivity contribution is 0.0724. The predicted octanol–water partition coefficient (Wildman–Crippen LogP) is 3.89. The van der Waals surface area contributed by atoms with Crippen molar-refractivity contribution < 1.29 is 18.8 Å². The van der Waals surface area contributed by atoms with Gasteiger partial charge in [-0.25, -0.2) is 4.98 Å². The van der Waals surface area contributed by atoms with Gasteiger partial charge in [0.1, 0.15) is 17.4 Å². The van der Waals surface area contributed by atoms with E-state index in [0.717, 1.165) is 17.8 Å². The van der Waals surface area contributed by atoms with Crippen molar-refractivity contribution in [1.82, 2.24) is 15.0 Å². The minimum atomic E-state index is -0.154. The molecule has 0 spiro atoms. The molecule has 2 aromatic heterocycles. The van der Waals surface area contributed by atoms with Gasteiger partial charge < -0.3 is 14.2 Å². The topological polar surface area (TPSA) is 85.5 Å². The second kappa shape index (κ2) is 7.93. The van der Waals surface area contributed by atoms with Crippen LogP contribution in [0.25, 0.3) is 0 Å². The normalized spacial score (nSPS) is 16.3. The van der Waals surface area contributed by atoms with Crippen molar-refractivity contribution in [2.45, 2.75) is 32.4 Å². The summed E-state index contributed by atoms with van der Waals surface area (Å²) in [6, 6.07) is 8.48. The molecule has 1 atom stereocenters. The zero-order valence-electron chi connectivity index (χ0n) is 15.3. The van der Waals surface area contributed by atoms with Crippen LogP contribution >= 0.6 is 11.3 Å². The molecule has 3 aromatic rings. The zero-order valence-corrected chi connectivity index (χ0v) is 16.1. The summed E-state index contributed by atoms with van der Waals surface area (Å²) in [6.07, 6.45) is 3.61. The number of carbonyl (C=O) groups excluding carboxylic acids is 2. The van der Waals surface area contributed by atoms with Gasteiger partial charge in [0.25, 0.3) is 5.91 Å². The van der Waals surface area contributed by atoms with Gasteiger partial charge in [-0.3, -0.25) is 9.59 Å². The number of thiazole rings is 1. The van der Waals surface area contributed by atoms with E-state index in [-0.39, 0.29) is 30.0 Å². The van der Waals surface area contributed by atoms with E-state index in [2.05, 4.69) is 10.1 Å². The molecule has 0 aliphatic carbocycles.